The van der Waals surface area contributed by atoms with Crippen molar-refractivity contribution in [3.05, 3.63) is 41.6 Å². The second-order valence-electron chi connectivity index (χ2n) is 5.81. The molecular formula is C15H18F2N4. The number of halogens is 2. The van der Waals surface area contributed by atoms with Crippen LogP contribution in [0.2, 0.25) is 0 Å². The van der Waals surface area contributed by atoms with Gasteiger partial charge in [0.25, 0.3) is 0 Å². The van der Waals surface area contributed by atoms with Gasteiger partial charge < -0.3 is 10.6 Å². The van der Waals surface area contributed by atoms with Crippen LogP contribution in [0.4, 0.5) is 26.2 Å². The molecule has 1 heterocycles. The highest BCUT2D eigenvalue weighted by atomic mass is 19.1. The van der Waals surface area contributed by atoms with Crippen molar-refractivity contribution >= 4 is 17.5 Å². The van der Waals surface area contributed by atoms with Gasteiger partial charge in [0.15, 0.2) is 0 Å². The fourth-order valence-electron chi connectivity index (χ4n) is 1.80. The van der Waals surface area contributed by atoms with Gasteiger partial charge >= 0.3 is 0 Å². The number of nitrogens with zero attached hydrogens (tertiary/aromatic N) is 2. The summed E-state index contributed by atoms with van der Waals surface area (Å²) < 4.78 is 27.3. The minimum atomic E-state index is -0.689. The van der Waals surface area contributed by atoms with E-state index in [2.05, 4.69) is 20.6 Å². The van der Waals surface area contributed by atoms with Crippen molar-refractivity contribution in [2.75, 3.05) is 10.6 Å². The van der Waals surface area contributed by atoms with E-state index in [4.69, 9.17) is 0 Å². The Kier molecular flexibility index (Phi) is 4.06. The van der Waals surface area contributed by atoms with Crippen LogP contribution in [0.3, 0.4) is 0 Å². The Morgan fingerprint density at radius 1 is 1.05 bits per heavy atom. The van der Waals surface area contributed by atoms with E-state index in [1.165, 1.54) is 18.2 Å². The van der Waals surface area contributed by atoms with E-state index in [9.17, 15) is 8.78 Å². The Labute approximate surface area is 122 Å². The molecule has 112 valence electrons. The first-order valence-electron chi connectivity index (χ1n) is 6.59. The Balaban J connectivity index is 2.32. The van der Waals surface area contributed by atoms with Gasteiger partial charge in [-0.25, -0.2) is 13.8 Å². The fraction of sp³-hybridized carbons (Fsp3) is 0.333. The van der Waals surface area contributed by atoms with Gasteiger partial charge in [0.2, 0.25) is 5.95 Å². The van der Waals surface area contributed by atoms with Gasteiger partial charge in [0.05, 0.1) is 0 Å². The van der Waals surface area contributed by atoms with Gasteiger partial charge in [-0.15, -0.1) is 0 Å². The number of rotatable bonds is 3. The Morgan fingerprint density at radius 3 is 2.24 bits per heavy atom. The molecule has 6 heteroatoms. The first-order chi connectivity index (χ1) is 9.74. The van der Waals surface area contributed by atoms with Crippen molar-refractivity contribution in [3.63, 3.8) is 0 Å². The van der Waals surface area contributed by atoms with Gasteiger partial charge in [0.1, 0.15) is 23.1 Å². The number of hydrogen-bond donors (Lipinski definition) is 2. The average molecular weight is 292 g/mol. The molecule has 0 atom stereocenters. The molecule has 0 unspecified atom stereocenters. The van der Waals surface area contributed by atoms with E-state index in [0.717, 1.165) is 0 Å². The lowest BCUT2D eigenvalue weighted by molar-refractivity contribution is 0.590. The number of anilines is 3. The smallest absolute Gasteiger partial charge is 0.229 e. The summed E-state index contributed by atoms with van der Waals surface area (Å²) in [6.07, 6.45) is 0. The van der Waals surface area contributed by atoms with Crippen LogP contribution in [0.1, 0.15) is 26.5 Å². The predicted octanol–water partition coefficient (Wildman–Crippen LogP) is 4.02. The molecule has 0 aliphatic rings. The lowest BCUT2D eigenvalue weighted by Crippen LogP contribution is -2.27. The number of aryl methyl sites for hydroxylation is 1. The molecular weight excluding hydrogens is 274 g/mol. The lowest BCUT2D eigenvalue weighted by atomic mass is 10.1. The van der Waals surface area contributed by atoms with Crippen molar-refractivity contribution in [2.45, 2.75) is 33.2 Å². The fourth-order valence-corrected chi connectivity index (χ4v) is 1.80. The summed E-state index contributed by atoms with van der Waals surface area (Å²) in [5, 5.41) is 5.79. The molecule has 0 aliphatic heterocycles. The molecule has 0 amide bonds. The molecule has 1 aromatic heterocycles. The third kappa shape index (κ3) is 4.11. The zero-order valence-electron chi connectivity index (χ0n) is 12.5. The Morgan fingerprint density at radius 2 is 1.67 bits per heavy atom. The summed E-state index contributed by atoms with van der Waals surface area (Å²) in [7, 11) is 0. The van der Waals surface area contributed by atoms with Crippen molar-refractivity contribution in [2.24, 2.45) is 0 Å². The second kappa shape index (κ2) is 5.63. The normalized spacial score (nSPS) is 11.3. The maximum atomic E-state index is 13.6. The topological polar surface area (TPSA) is 49.8 Å². The van der Waals surface area contributed by atoms with Crippen LogP contribution in [0, 0.1) is 18.6 Å². The zero-order valence-corrected chi connectivity index (χ0v) is 12.5. The predicted molar refractivity (Wildman–Crippen MR) is 79.8 cm³/mol. The van der Waals surface area contributed by atoms with Gasteiger partial charge in [-0.1, -0.05) is 6.07 Å². The number of benzene rings is 1. The SMILES string of the molecule is Cc1cc(NC(C)(C)C)nc(Nc2c(F)cccc2F)n1. The number of aromatic nitrogens is 2. The molecule has 0 bridgehead atoms. The second-order valence-corrected chi connectivity index (χ2v) is 5.81. The third-order valence-electron chi connectivity index (χ3n) is 2.56. The van der Waals surface area contributed by atoms with E-state index in [1.54, 1.807) is 13.0 Å². The van der Waals surface area contributed by atoms with Gasteiger partial charge in [-0.2, -0.15) is 4.98 Å². The highest BCUT2D eigenvalue weighted by Gasteiger charge is 2.14. The maximum absolute atomic E-state index is 13.6. The molecule has 0 fully saturated rings. The summed E-state index contributed by atoms with van der Waals surface area (Å²) in [6.45, 7) is 7.77. The first-order valence-corrected chi connectivity index (χ1v) is 6.59. The van der Waals surface area contributed by atoms with E-state index >= 15 is 0 Å². The molecule has 0 radical (unpaired) electrons. The molecule has 2 rings (SSSR count). The molecule has 0 aliphatic carbocycles. The Bertz CT molecular complexity index is 630. The standard InChI is InChI=1S/C15H18F2N4/c1-9-8-12(21-15(2,3)4)19-14(18-9)20-13-10(16)6-5-7-11(13)17/h5-8H,1-4H3,(H2,18,19,20,21). The van der Waals surface area contributed by atoms with Crippen LogP contribution < -0.4 is 10.6 Å². The van der Waals surface area contributed by atoms with E-state index < -0.39 is 11.6 Å². The van der Waals surface area contributed by atoms with Gasteiger partial charge in [-0.05, 0) is 39.8 Å². The third-order valence-corrected chi connectivity index (χ3v) is 2.56. The molecule has 0 saturated heterocycles. The van der Waals surface area contributed by atoms with Crippen LogP contribution in [0.25, 0.3) is 0 Å². The summed E-state index contributed by atoms with van der Waals surface area (Å²) >= 11 is 0. The Hall–Kier alpha value is -2.24. The van der Waals surface area contributed by atoms with Crippen LogP contribution in [0.5, 0.6) is 0 Å². The van der Waals surface area contributed by atoms with Crippen molar-refractivity contribution in [3.8, 4) is 0 Å². The van der Waals surface area contributed by atoms with E-state index in [-0.39, 0.29) is 17.2 Å². The van der Waals surface area contributed by atoms with Crippen LogP contribution >= 0.6 is 0 Å². The van der Waals surface area contributed by atoms with Crippen LogP contribution in [0.15, 0.2) is 24.3 Å². The monoisotopic (exact) mass is 292 g/mol. The van der Waals surface area contributed by atoms with E-state index in [1.807, 2.05) is 20.8 Å². The van der Waals surface area contributed by atoms with Crippen molar-refractivity contribution in [1.29, 1.82) is 0 Å². The number of para-hydroxylation sites is 1. The quantitative estimate of drug-likeness (QED) is 0.897. The summed E-state index contributed by atoms with van der Waals surface area (Å²) in [6, 6.07) is 5.43. The minimum absolute atomic E-state index is 0.144. The van der Waals surface area contributed by atoms with Gasteiger partial charge in [0, 0.05) is 17.3 Å². The summed E-state index contributed by atoms with van der Waals surface area (Å²) in [5.41, 5.74) is 0.252. The van der Waals surface area contributed by atoms with Crippen LogP contribution in [-0.2, 0) is 0 Å². The lowest BCUT2D eigenvalue weighted by Gasteiger charge is -2.21. The zero-order chi connectivity index (χ0) is 15.6. The molecule has 2 aromatic rings. The van der Waals surface area contributed by atoms with Crippen molar-refractivity contribution in [1.82, 2.24) is 9.97 Å². The summed E-state index contributed by atoms with van der Waals surface area (Å²) in [5.74, 6) is -0.643. The molecule has 4 nitrogen and oxygen atoms in total. The van der Waals surface area contributed by atoms with Crippen molar-refractivity contribution < 1.29 is 8.78 Å². The molecule has 21 heavy (non-hydrogen) atoms. The average Bonchev–Trinajstić information content (AvgIpc) is 2.31. The largest absolute Gasteiger partial charge is 0.365 e. The van der Waals surface area contributed by atoms with Gasteiger partial charge in [-0.3, -0.25) is 0 Å². The molecule has 2 N–H and O–H groups in total. The van der Waals surface area contributed by atoms with E-state index in [0.29, 0.717) is 11.5 Å². The highest BCUT2D eigenvalue weighted by Crippen LogP contribution is 2.23. The molecule has 0 spiro atoms. The first kappa shape index (κ1) is 15.2. The van der Waals surface area contributed by atoms with Crippen LogP contribution in [-0.4, -0.2) is 15.5 Å². The minimum Gasteiger partial charge on any atom is -0.365 e. The summed E-state index contributed by atoms with van der Waals surface area (Å²) in [4.78, 5) is 8.38. The highest BCUT2D eigenvalue weighted by molar-refractivity contribution is 5.57. The molecule has 1 aromatic carbocycles. The molecule has 0 saturated carbocycles. The maximum Gasteiger partial charge on any atom is 0.229 e. The number of hydrogen-bond acceptors (Lipinski definition) is 4. The number of nitrogens with one attached hydrogen (secondary N) is 2.